The molecule has 0 saturated carbocycles. The number of nitrogens with one attached hydrogen (secondary N) is 1. The van der Waals surface area contributed by atoms with Crippen molar-refractivity contribution in [1.82, 2.24) is 10.2 Å². The van der Waals surface area contributed by atoms with Gasteiger partial charge in [-0.1, -0.05) is 23.2 Å². The van der Waals surface area contributed by atoms with Gasteiger partial charge in [-0.05, 0) is 44.8 Å². The maximum atomic E-state index is 12.5. The molecule has 6 heteroatoms. The number of nitrogens with zero attached hydrogens (tertiary/aromatic N) is 1. The zero-order valence-electron chi connectivity index (χ0n) is 10.9. The molecule has 3 nitrogen and oxygen atoms in total. The van der Waals surface area contributed by atoms with E-state index in [0.717, 1.165) is 32.5 Å². The fourth-order valence-electron chi connectivity index (χ4n) is 2.39. The van der Waals surface area contributed by atoms with Crippen LogP contribution in [0.5, 0.6) is 0 Å². The summed E-state index contributed by atoms with van der Waals surface area (Å²) < 4.78 is 1.05. The van der Waals surface area contributed by atoms with Gasteiger partial charge in [-0.25, -0.2) is 0 Å². The number of piperidine rings is 1. The van der Waals surface area contributed by atoms with Crippen molar-refractivity contribution < 1.29 is 4.79 Å². The molecular formula is C13H18Cl2N2OS. The molecule has 0 bridgehead atoms. The van der Waals surface area contributed by atoms with Crippen molar-refractivity contribution in [3.8, 4) is 0 Å². The van der Waals surface area contributed by atoms with Crippen LogP contribution in [0.1, 0.15) is 30.1 Å². The lowest BCUT2D eigenvalue weighted by molar-refractivity contribution is 0.0727. The molecule has 1 saturated heterocycles. The first-order chi connectivity index (χ1) is 9.11. The highest BCUT2D eigenvalue weighted by molar-refractivity contribution is 7.20. The van der Waals surface area contributed by atoms with Gasteiger partial charge < -0.3 is 10.2 Å². The lowest BCUT2D eigenvalue weighted by Crippen LogP contribution is -2.39. The van der Waals surface area contributed by atoms with Gasteiger partial charge in [0, 0.05) is 13.1 Å². The molecule has 0 atom stereocenters. The molecule has 0 spiro atoms. The van der Waals surface area contributed by atoms with E-state index in [-0.39, 0.29) is 5.91 Å². The first-order valence-corrected chi connectivity index (χ1v) is 8.14. The van der Waals surface area contributed by atoms with Gasteiger partial charge in [0.1, 0.15) is 4.34 Å². The maximum Gasteiger partial charge on any atom is 0.256 e. The standard InChI is InChI=1S/C13H18Cl2N2OS/c1-2-17(8-9-3-5-16-6-4-9)13(18)10-7-11(14)19-12(10)15/h7,9,16H,2-6,8H2,1H3. The Morgan fingerprint density at radius 2 is 2.16 bits per heavy atom. The van der Waals surface area contributed by atoms with Gasteiger partial charge in [-0.15, -0.1) is 11.3 Å². The Bertz CT molecular complexity index is 444. The molecule has 0 aromatic carbocycles. The predicted molar refractivity (Wildman–Crippen MR) is 81.5 cm³/mol. The van der Waals surface area contributed by atoms with Gasteiger partial charge in [0.2, 0.25) is 0 Å². The minimum atomic E-state index is -0.00539. The molecule has 106 valence electrons. The molecular weight excluding hydrogens is 303 g/mol. The third-order valence-electron chi connectivity index (χ3n) is 3.49. The number of halogens is 2. The number of hydrogen-bond acceptors (Lipinski definition) is 3. The Morgan fingerprint density at radius 3 is 2.68 bits per heavy atom. The monoisotopic (exact) mass is 320 g/mol. The molecule has 1 aromatic rings. The zero-order valence-corrected chi connectivity index (χ0v) is 13.2. The maximum absolute atomic E-state index is 12.5. The second kappa shape index (κ2) is 6.93. The van der Waals surface area contributed by atoms with Crippen molar-refractivity contribution in [2.75, 3.05) is 26.2 Å². The summed E-state index contributed by atoms with van der Waals surface area (Å²) >= 11 is 13.2. The number of hydrogen-bond donors (Lipinski definition) is 1. The topological polar surface area (TPSA) is 32.3 Å². The predicted octanol–water partition coefficient (Wildman–Crippen LogP) is 3.52. The Balaban J connectivity index is 2.04. The number of rotatable bonds is 4. The smallest absolute Gasteiger partial charge is 0.256 e. The molecule has 1 amide bonds. The van der Waals surface area contributed by atoms with Crippen LogP contribution < -0.4 is 5.32 Å². The summed E-state index contributed by atoms with van der Waals surface area (Å²) in [5.74, 6) is 0.576. The molecule has 2 heterocycles. The Morgan fingerprint density at radius 1 is 1.47 bits per heavy atom. The van der Waals surface area contributed by atoms with Crippen LogP contribution in [0.2, 0.25) is 8.67 Å². The number of carbonyl (C=O) groups excluding carboxylic acids is 1. The minimum Gasteiger partial charge on any atom is -0.339 e. The summed E-state index contributed by atoms with van der Waals surface area (Å²) in [6.45, 7) is 5.59. The second-order valence-electron chi connectivity index (χ2n) is 4.78. The van der Waals surface area contributed by atoms with Gasteiger partial charge in [-0.3, -0.25) is 4.79 Å². The third-order valence-corrected chi connectivity index (χ3v) is 4.98. The summed E-state index contributed by atoms with van der Waals surface area (Å²) in [6, 6.07) is 1.67. The number of thiophene rings is 1. The van der Waals surface area contributed by atoms with E-state index < -0.39 is 0 Å². The van der Waals surface area contributed by atoms with Crippen LogP contribution in [0.15, 0.2) is 6.07 Å². The van der Waals surface area contributed by atoms with E-state index in [0.29, 0.717) is 26.7 Å². The largest absolute Gasteiger partial charge is 0.339 e. The van der Waals surface area contributed by atoms with Gasteiger partial charge in [0.15, 0.2) is 0 Å². The zero-order chi connectivity index (χ0) is 13.8. The van der Waals surface area contributed by atoms with Crippen LogP contribution in [0.3, 0.4) is 0 Å². The molecule has 1 aliphatic rings. The average Bonchev–Trinajstić information content (AvgIpc) is 2.75. The Hall–Kier alpha value is -0.290. The van der Waals surface area contributed by atoms with Crippen molar-refractivity contribution in [2.45, 2.75) is 19.8 Å². The van der Waals surface area contributed by atoms with E-state index in [1.165, 1.54) is 11.3 Å². The van der Waals surface area contributed by atoms with Gasteiger partial charge >= 0.3 is 0 Å². The summed E-state index contributed by atoms with van der Waals surface area (Å²) in [6.07, 6.45) is 2.25. The van der Waals surface area contributed by atoms with E-state index in [1.807, 2.05) is 11.8 Å². The van der Waals surface area contributed by atoms with Crippen LogP contribution >= 0.6 is 34.5 Å². The average molecular weight is 321 g/mol. The first-order valence-electron chi connectivity index (χ1n) is 6.56. The Labute approximate surface area is 127 Å². The first kappa shape index (κ1) is 15.1. The number of carbonyl (C=O) groups is 1. The molecule has 19 heavy (non-hydrogen) atoms. The quantitative estimate of drug-likeness (QED) is 0.920. The van der Waals surface area contributed by atoms with Gasteiger partial charge in [0.05, 0.1) is 9.90 Å². The van der Waals surface area contributed by atoms with Crippen LogP contribution in [0, 0.1) is 5.92 Å². The van der Waals surface area contributed by atoms with E-state index in [1.54, 1.807) is 6.07 Å². The van der Waals surface area contributed by atoms with Crippen molar-refractivity contribution >= 4 is 40.4 Å². The van der Waals surface area contributed by atoms with E-state index in [9.17, 15) is 4.79 Å². The molecule has 1 aromatic heterocycles. The molecule has 0 radical (unpaired) electrons. The lowest BCUT2D eigenvalue weighted by atomic mass is 9.97. The second-order valence-corrected chi connectivity index (χ2v) is 7.06. The third kappa shape index (κ3) is 3.85. The summed E-state index contributed by atoms with van der Waals surface area (Å²) in [4.78, 5) is 14.3. The highest BCUT2D eigenvalue weighted by Crippen LogP contribution is 2.32. The van der Waals surface area contributed by atoms with Crippen molar-refractivity contribution in [3.05, 3.63) is 20.3 Å². The SMILES string of the molecule is CCN(CC1CCNCC1)C(=O)c1cc(Cl)sc1Cl. The van der Waals surface area contributed by atoms with E-state index in [2.05, 4.69) is 5.32 Å². The normalized spacial score (nSPS) is 16.6. The van der Waals surface area contributed by atoms with Crippen LogP contribution in [0.25, 0.3) is 0 Å². The lowest BCUT2D eigenvalue weighted by Gasteiger charge is -2.29. The Kier molecular flexibility index (Phi) is 5.51. The highest BCUT2D eigenvalue weighted by Gasteiger charge is 2.23. The van der Waals surface area contributed by atoms with Gasteiger partial charge in [0.25, 0.3) is 5.91 Å². The number of amides is 1. The molecule has 1 N–H and O–H groups in total. The summed E-state index contributed by atoms with van der Waals surface area (Å²) in [5.41, 5.74) is 0.535. The van der Waals surface area contributed by atoms with Crippen molar-refractivity contribution in [1.29, 1.82) is 0 Å². The van der Waals surface area contributed by atoms with Gasteiger partial charge in [-0.2, -0.15) is 0 Å². The molecule has 0 aliphatic carbocycles. The fourth-order valence-corrected chi connectivity index (χ4v) is 3.84. The van der Waals surface area contributed by atoms with Crippen LogP contribution in [-0.2, 0) is 0 Å². The fraction of sp³-hybridized carbons (Fsp3) is 0.615. The van der Waals surface area contributed by atoms with E-state index >= 15 is 0 Å². The molecule has 2 rings (SSSR count). The molecule has 1 fully saturated rings. The highest BCUT2D eigenvalue weighted by atomic mass is 35.5. The summed E-state index contributed by atoms with van der Waals surface area (Å²) in [5, 5.41) is 3.34. The van der Waals surface area contributed by atoms with Crippen LogP contribution in [0.4, 0.5) is 0 Å². The molecule has 0 unspecified atom stereocenters. The van der Waals surface area contributed by atoms with Crippen molar-refractivity contribution in [3.63, 3.8) is 0 Å². The molecule has 1 aliphatic heterocycles. The van der Waals surface area contributed by atoms with Crippen molar-refractivity contribution in [2.24, 2.45) is 5.92 Å². The minimum absolute atomic E-state index is 0.00539. The summed E-state index contributed by atoms with van der Waals surface area (Å²) in [7, 11) is 0. The van der Waals surface area contributed by atoms with Crippen LogP contribution in [-0.4, -0.2) is 37.0 Å². The van der Waals surface area contributed by atoms with E-state index in [4.69, 9.17) is 23.2 Å².